The molecule has 0 bridgehead atoms. The highest BCUT2D eigenvalue weighted by atomic mass is 16.5. The third-order valence-electron chi connectivity index (χ3n) is 3.03. The molecule has 1 rings (SSSR count). The van der Waals surface area contributed by atoms with Gasteiger partial charge in [-0.1, -0.05) is 13.8 Å². The number of ether oxygens (including phenoxy) is 2. The zero-order valence-corrected chi connectivity index (χ0v) is 9.64. The minimum absolute atomic E-state index is 0.0417. The van der Waals surface area contributed by atoms with Crippen LogP contribution in [0.1, 0.15) is 33.6 Å². The van der Waals surface area contributed by atoms with Gasteiger partial charge in [-0.3, -0.25) is 0 Å². The van der Waals surface area contributed by atoms with Gasteiger partial charge < -0.3 is 14.8 Å². The van der Waals surface area contributed by atoms with Crippen LogP contribution in [-0.2, 0) is 9.47 Å². The molecule has 1 unspecified atom stereocenters. The first-order valence-electron chi connectivity index (χ1n) is 5.72. The highest BCUT2D eigenvalue weighted by Gasteiger charge is 2.33. The molecule has 0 radical (unpaired) electrons. The Morgan fingerprint density at radius 1 is 1.36 bits per heavy atom. The summed E-state index contributed by atoms with van der Waals surface area (Å²) in [5.41, 5.74) is 0.0417. The summed E-state index contributed by atoms with van der Waals surface area (Å²) in [4.78, 5) is 0. The second-order valence-electron chi connectivity index (χ2n) is 3.92. The minimum atomic E-state index is 0.0417. The van der Waals surface area contributed by atoms with Gasteiger partial charge in [0.15, 0.2) is 0 Å². The van der Waals surface area contributed by atoms with Crippen LogP contribution in [0.3, 0.4) is 0 Å². The van der Waals surface area contributed by atoms with E-state index in [-0.39, 0.29) is 11.7 Å². The molecule has 1 aliphatic heterocycles. The second kappa shape index (κ2) is 5.69. The number of hydrogen-bond acceptors (Lipinski definition) is 3. The van der Waals surface area contributed by atoms with Gasteiger partial charge in [-0.05, 0) is 19.8 Å². The zero-order chi connectivity index (χ0) is 10.4. The monoisotopic (exact) mass is 201 g/mol. The molecule has 1 saturated heterocycles. The average molecular weight is 201 g/mol. The Balaban J connectivity index is 2.41. The van der Waals surface area contributed by atoms with E-state index in [1.165, 1.54) is 0 Å². The number of rotatable bonds is 5. The van der Waals surface area contributed by atoms with Crippen molar-refractivity contribution in [2.45, 2.75) is 45.3 Å². The first-order chi connectivity index (χ1) is 6.76. The molecule has 1 aliphatic rings. The molecule has 3 heteroatoms. The quantitative estimate of drug-likeness (QED) is 0.732. The lowest BCUT2D eigenvalue weighted by atomic mass is 9.95. The topological polar surface area (TPSA) is 30.5 Å². The number of hydrogen-bond donors (Lipinski definition) is 1. The van der Waals surface area contributed by atoms with Crippen molar-refractivity contribution >= 4 is 0 Å². The molecule has 84 valence electrons. The van der Waals surface area contributed by atoms with Gasteiger partial charge in [0.05, 0.1) is 18.3 Å². The van der Waals surface area contributed by atoms with Gasteiger partial charge in [0, 0.05) is 19.7 Å². The Hall–Kier alpha value is -0.120. The average Bonchev–Trinajstić information content (AvgIpc) is 2.26. The maximum absolute atomic E-state index is 6.09. The van der Waals surface area contributed by atoms with Crippen LogP contribution in [0.25, 0.3) is 0 Å². The summed E-state index contributed by atoms with van der Waals surface area (Å²) in [5.74, 6) is 0. The molecule has 14 heavy (non-hydrogen) atoms. The number of morpholine rings is 1. The first kappa shape index (κ1) is 12.0. The molecule has 1 N–H and O–H groups in total. The van der Waals surface area contributed by atoms with E-state index in [1.807, 2.05) is 6.92 Å². The maximum Gasteiger partial charge on any atom is 0.0940 e. The fourth-order valence-electron chi connectivity index (χ4n) is 1.91. The molecule has 0 aliphatic carbocycles. The van der Waals surface area contributed by atoms with Gasteiger partial charge in [0.2, 0.25) is 0 Å². The highest BCUT2D eigenvalue weighted by Crippen LogP contribution is 2.24. The molecule has 1 fully saturated rings. The van der Waals surface area contributed by atoms with E-state index in [1.54, 1.807) is 0 Å². The fraction of sp³-hybridized carbons (Fsp3) is 1.00. The van der Waals surface area contributed by atoms with E-state index in [0.717, 1.165) is 32.5 Å². The summed E-state index contributed by atoms with van der Waals surface area (Å²) in [6, 6.07) is 0. The lowest BCUT2D eigenvalue weighted by molar-refractivity contribution is -0.140. The van der Waals surface area contributed by atoms with E-state index in [9.17, 15) is 0 Å². The van der Waals surface area contributed by atoms with Crippen molar-refractivity contribution in [3.8, 4) is 0 Å². The SMILES string of the molecule is CCOCC1CNCC(CC)(CC)O1. The van der Waals surface area contributed by atoms with E-state index >= 15 is 0 Å². The van der Waals surface area contributed by atoms with Gasteiger partial charge in [-0.15, -0.1) is 0 Å². The molecular weight excluding hydrogens is 178 g/mol. The molecule has 1 heterocycles. The molecule has 0 aromatic carbocycles. The van der Waals surface area contributed by atoms with Crippen LogP contribution in [-0.4, -0.2) is 38.0 Å². The summed E-state index contributed by atoms with van der Waals surface area (Å²) in [7, 11) is 0. The molecule has 1 atom stereocenters. The molecule has 0 spiro atoms. The normalized spacial score (nSPS) is 26.4. The fourth-order valence-corrected chi connectivity index (χ4v) is 1.91. The molecule has 0 saturated carbocycles. The Bertz CT molecular complexity index is 157. The van der Waals surface area contributed by atoms with Gasteiger partial charge in [0.25, 0.3) is 0 Å². The summed E-state index contributed by atoms with van der Waals surface area (Å²) < 4.78 is 11.5. The zero-order valence-electron chi connectivity index (χ0n) is 9.64. The van der Waals surface area contributed by atoms with E-state index in [2.05, 4.69) is 19.2 Å². The van der Waals surface area contributed by atoms with Gasteiger partial charge in [-0.25, -0.2) is 0 Å². The van der Waals surface area contributed by atoms with Gasteiger partial charge in [-0.2, -0.15) is 0 Å². The predicted molar refractivity (Wildman–Crippen MR) is 57.5 cm³/mol. The van der Waals surface area contributed by atoms with E-state index in [0.29, 0.717) is 6.61 Å². The predicted octanol–water partition coefficient (Wildman–Crippen LogP) is 1.57. The largest absolute Gasteiger partial charge is 0.379 e. The standard InChI is InChI=1S/C11H23NO2/c1-4-11(5-2)9-12-7-10(14-11)8-13-6-3/h10,12H,4-9H2,1-3H3. The van der Waals surface area contributed by atoms with E-state index in [4.69, 9.17) is 9.47 Å². The molecule has 0 amide bonds. The maximum atomic E-state index is 6.09. The van der Waals surface area contributed by atoms with Crippen molar-refractivity contribution in [2.24, 2.45) is 0 Å². The lowest BCUT2D eigenvalue weighted by Crippen LogP contribution is -2.54. The lowest BCUT2D eigenvalue weighted by Gasteiger charge is -2.40. The second-order valence-corrected chi connectivity index (χ2v) is 3.92. The van der Waals surface area contributed by atoms with Crippen LogP contribution in [0.4, 0.5) is 0 Å². The van der Waals surface area contributed by atoms with Crippen LogP contribution in [0.15, 0.2) is 0 Å². The van der Waals surface area contributed by atoms with Crippen molar-refractivity contribution in [1.82, 2.24) is 5.32 Å². The third kappa shape index (κ3) is 2.94. The Morgan fingerprint density at radius 3 is 2.64 bits per heavy atom. The van der Waals surface area contributed by atoms with Crippen LogP contribution in [0, 0.1) is 0 Å². The van der Waals surface area contributed by atoms with Crippen LogP contribution in [0.5, 0.6) is 0 Å². The van der Waals surface area contributed by atoms with Gasteiger partial charge >= 0.3 is 0 Å². The van der Waals surface area contributed by atoms with Gasteiger partial charge in [0.1, 0.15) is 0 Å². The molecule has 0 aromatic rings. The van der Waals surface area contributed by atoms with Crippen molar-refractivity contribution in [3.63, 3.8) is 0 Å². The van der Waals surface area contributed by atoms with Crippen LogP contribution in [0.2, 0.25) is 0 Å². The molecular formula is C11H23NO2. The van der Waals surface area contributed by atoms with Crippen molar-refractivity contribution in [2.75, 3.05) is 26.3 Å². The Kier molecular flexibility index (Phi) is 4.85. The number of nitrogens with one attached hydrogen (secondary N) is 1. The Labute approximate surface area is 87.2 Å². The summed E-state index contributed by atoms with van der Waals surface area (Å²) in [6.45, 7) is 9.77. The molecule has 3 nitrogen and oxygen atoms in total. The smallest absolute Gasteiger partial charge is 0.0940 e. The van der Waals surface area contributed by atoms with Crippen molar-refractivity contribution in [3.05, 3.63) is 0 Å². The highest BCUT2D eigenvalue weighted by molar-refractivity contribution is 4.87. The first-order valence-corrected chi connectivity index (χ1v) is 5.72. The van der Waals surface area contributed by atoms with Crippen molar-refractivity contribution < 1.29 is 9.47 Å². The van der Waals surface area contributed by atoms with E-state index < -0.39 is 0 Å². The third-order valence-corrected chi connectivity index (χ3v) is 3.03. The summed E-state index contributed by atoms with van der Waals surface area (Å²) in [6.07, 6.45) is 2.36. The summed E-state index contributed by atoms with van der Waals surface area (Å²) >= 11 is 0. The minimum Gasteiger partial charge on any atom is -0.379 e. The van der Waals surface area contributed by atoms with Crippen molar-refractivity contribution in [1.29, 1.82) is 0 Å². The Morgan fingerprint density at radius 2 is 2.07 bits per heavy atom. The molecule has 0 aromatic heterocycles. The van der Waals surface area contributed by atoms with Crippen LogP contribution < -0.4 is 5.32 Å². The van der Waals surface area contributed by atoms with Crippen LogP contribution >= 0.6 is 0 Å². The summed E-state index contributed by atoms with van der Waals surface area (Å²) in [5, 5.41) is 3.43.